The molecule has 0 fully saturated rings. The molecule has 2 aromatic rings. The van der Waals surface area contributed by atoms with Crippen LogP contribution in [-0.4, -0.2) is 11.0 Å². The number of hydrogen-bond acceptors (Lipinski definition) is 4. The number of hydrogen-bond donors (Lipinski definition) is 1. The Hall–Kier alpha value is -1.39. The maximum Gasteiger partial charge on any atom is 0.218 e. The molecule has 0 aliphatic carbocycles. The predicted octanol–water partition coefficient (Wildman–Crippen LogP) is 3.84. The number of nitrogens with one attached hydrogen (secondary N) is 1. The van der Waals surface area contributed by atoms with Crippen molar-refractivity contribution in [2.75, 3.05) is 0 Å². The Morgan fingerprint density at radius 2 is 2.15 bits per heavy atom. The third-order valence-electron chi connectivity index (χ3n) is 3.06. The van der Waals surface area contributed by atoms with Crippen LogP contribution in [0.3, 0.4) is 0 Å². The van der Waals surface area contributed by atoms with Gasteiger partial charge in [0, 0.05) is 28.7 Å². The molecule has 108 valence electrons. The van der Waals surface area contributed by atoms with E-state index in [4.69, 9.17) is 4.74 Å². The zero-order chi connectivity index (χ0) is 14.5. The Kier molecular flexibility index (Phi) is 5.15. The molecule has 2 rings (SSSR count). The van der Waals surface area contributed by atoms with Crippen molar-refractivity contribution in [2.24, 2.45) is 0 Å². The summed E-state index contributed by atoms with van der Waals surface area (Å²) in [6.07, 6.45) is 0. The number of aromatic nitrogens is 1. The topological polar surface area (TPSA) is 34.1 Å². The molecule has 0 radical (unpaired) electrons. The molecule has 0 saturated heterocycles. The van der Waals surface area contributed by atoms with Crippen LogP contribution in [0.25, 0.3) is 0 Å². The lowest BCUT2D eigenvalue weighted by Gasteiger charge is -2.15. The smallest absolute Gasteiger partial charge is 0.218 e. The Morgan fingerprint density at radius 3 is 2.80 bits per heavy atom. The second-order valence-corrected chi connectivity index (χ2v) is 6.30. The molecule has 0 aromatic carbocycles. The number of thiophene rings is 1. The Morgan fingerprint density at radius 1 is 1.35 bits per heavy atom. The Balaban J connectivity index is 2.16. The zero-order valence-electron chi connectivity index (χ0n) is 12.6. The number of aryl methyl sites for hydroxylation is 2. The summed E-state index contributed by atoms with van der Waals surface area (Å²) in [6, 6.07) is 6.68. The molecule has 0 aliphatic heterocycles. The second-order valence-electron chi connectivity index (χ2n) is 5.27. The molecular weight excluding hydrogens is 268 g/mol. The van der Waals surface area contributed by atoms with Crippen LogP contribution in [0.4, 0.5) is 0 Å². The van der Waals surface area contributed by atoms with E-state index in [2.05, 4.69) is 48.6 Å². The third-order valence-corrected chi connectivity index (χ3v) is 3.91. The van der Waals surface area contributed by atoms with Gasteiger partial charge in [-0.25, -0.2) is 4.98 Å². The Labute approximate surface area is 125 Å². The highest BCUT2D eigenvalue weighted by Crippen LogP contribution is 2.22. The van der Waals surface area contributed by atoms with E-state index < -0.39 is 0 Å². The number of rotatable bonds is 6. The fourth-order valence-corrected chi connectivity index (χ4v) is 2.62. The predicted molar refractivity (Wildman–Crippen MR) is 84.3 cm³/mol. The van der Waals surface area contributed by atoms with E-state index in [-0.39, 0.29) is 0 Å². The average Bonchev–Trinajstić information content (AvgIpc) is 2.87. The van der Waals surface area contributed by atoms with Gasteiger partial charge in [-0.3, -0.25) is 0 Å². The molecule has 0 bridgehead atoms. The van der Waals surface area contributed by atoms with E-state index in [1.165, 1.54) is 10.4 Å². The van der Waals surface area contributed by atoms with Crippen molar-refractivity contribution in [1.82, 2.24) is 10.3 Å². The van der Waals surface area contributed by atoms with Gasteiger partial charge in [0.2, 0.25) is 5.88 Å². The summed E-state index contributed by atoms with van der Waals surface area (Å²) in [4.78, 5) is 5.77. The summed E-state index contributed by atoms with van der Waals surface area (Å²) in [5, 5.41) is 5.50. The lowest BCUT2D eigenvalue weighted by Crippen LogP contribution is -2.23. The molecule has 4 heteroatoms. The number of ether oxygens (including phenoxy) is 1. The van der Waals surface area contributed by atoms with E-state index in [1.807, 2.05) is 13.0 Å². The van der Waals surface area contributed by atoms with Gasteiger partial charge in [-0.05, 0) is 36.9 Å². The summed E-state index contributed by atoms with van der Waals surface area (Å²) >= 11 is 1.71. The number of nitrogens with zero attached hydrogens (tertiary/aromatic N) is 1. The van der Waals surface area contributed by atoms with Crippen LogP contribution in [0, 0.1) is 13.8 Å². The molecular formula is C16H22N2OS. The molecule has 0 amide bonds. The summed E-state index contributed by atoms with van der Waals surface area (Å²) in [5.74, 6) is 0.754. The van der Waals surface area contributed by atoms with Crippen LogP contribution in [0.2, 0.25) is 0 Å². The van der Waals surface area contributed by atoms with Crippen LogP contribution < -0.4 is 10.1 Å². The summed E-state index contributed by atoms with van der Waals surface area (Å²) < 4.78 is 5.93. The molecule has 0 aliphatic rings. The van der Waals surface area contributed by atoms with Crippen molar-refractivity contribution >= 4 is 11.3 Å². The molecule has 2 heterocycles. The van der Waals surface area contributed by atoms with E-state index in [0.29, 0.717) is 12.6 Å². The van der Waals surface area contributed by atoms with Crippen LogP contribution in [0.1, 0.15) is 35.5 Å². The van der Waals surface area contributed by atoms with Crippen molar-refractivity contribution in [3.63, 3.8) is 0 Å². The van der Waals surface area contributed by atoms with Gasteiger partial charge < -0.3 is 10.1 Å². The highest BCUT2D eigenvalue weighted by atomic mass is 32.1. The maximum absolute atomic E-state index is 5.93. The molecule has 0 spiro atoms. The monoisotopic (exact) mass is 290 g/mol. The number of pyridine rings is 1. The summed E-state index contributed by atoms with van der Waals surface area (Å²) in [5.41, 5.74) is 3.38. The molecule has 1 N–H and O–H groups in total. The summed E-state index contributed by atoms with van der Waals surface area (Å²) in [7, 11) is 0. The molecule has 0 atom stereocenters. The van der Waals surface area contributed by atoms with Gasteiger partial charge in [0.15, 0.2) is 0 Å². The minimum absolute atomic E-state index is 0.445. The summed E-state index contributed by atoms with van der Waals surface area (Å²) in [6.45, 7) is 9.78. The van der Waals surface area contributed by atoms with Crippen molar-refractivity contribution in [1.29, 1.82) is 0 Å². The second kappa shape index (κ2) is 6.86. The highest BCUT2D eigenvalue weighted by Gasteiger charge is 2.11. The first-order valence-corrected chi connectivity index (χ1v) is 7.80. The standard InChI is InChI=1S/C16H22N2OS/c1-11(2)17-9-15-12(3)8-13(4)18-16(15)19-10-14-6-5-7-20-14/h5-8,11,17H,9-10H2,1-4H3. The average molecular weight is 290 g/mol. The first-order chi connectivity index (χ1) is 9.56. The van der Waals surface area contributed by atoms with Crippen LogP contribution in [0.15, 0.2) is 23.6 Å². The Bertz CT molecular complexity index is 550. The third kappa shape index (κ3) is 4.05. The van der Waals surface area contributed by atoms with Crippen LogP contribution in [0.5, 0.6) is 5.88 Å². The van der Waals surface area contributed by atoms with Crippen molar-refractivity contribution in [3.05, 3.63) is 45.3 Å². The molecule has 0 unspecified atom stereocenters. The zero-order valence-corrected chi connectivity index (χ0v) is 13.4. The van der Waals surface area contributed by atoms with Crippen molar-refractivity contribution in [3.8, 4) is 5.88 Å². The van der Waals surface area contributed by atoms with Gasteiger partial charge in [0.25, 0.3) is 0 Å². The van der Waals surface area contributed by atoms with Gasteiger partial charge in [-0.1, -0.05) is 19.9 Å². The maximum atomic E-state index is 5.93. The molecule has 2 aromatic heterocycles. The van der Waals surface area contributed by atoms with E-state index >= 15 is 0 Å². The molecule has 3 nitrogen and oxygen atoms in total. The van der Waals surface area contributed by atoms with Crippen molar-refractivity contribution < 1.29 is 4.74 Å². The highest BCUT2D eigenvalue weighted by molar-refractivity contribution is 7.09. The largest absolute Gasteiger partial charge is 0.472 e. The molecule has 20 heavy (non-hydrogen) atoms. The van der Waals surface area contributed by atoms with Gasteiger partial charge in [0.1, 0.15) is 6.61 Å². The first-order valence-electron chi connectivity index (χ1n) is 6.92. The lowest BCUT2D eigenvalue weighted by molar-refractivity contribution is 0.291. The fourth-order valence-electron chi connectivity index (χ4n) is 2.00. The van der Waals surface area contributed by atoms with E-state index in [1.54, 1.807) is 11.3 Å². The SMILES string of the molecule is Cc1cc(C)c(CNC(C)C)c(OCc2cccs2)n1. The lowest BCUT2D eigenvalue weighted by atomic mass is 10.1. The van der Waals surface area contributed by atoms with Crippen molar-refractivity contribution in [2.45, 2.75) is 46.9 Å². The minimum Gasteiger partial charge on any atom is -0.472 e. The fraction of sp³-hybridized carbons (Fsp3) is 0.438. The van der Waals surface area contributed by atoms with Gasteiger partial charge in [-0.15, -0.1) is 11.3 Å². The van der Waals surface area contributed by atoms with Gasteiger partial charge in [0.05, 0.1) is 0 Å². The molecule has 0 saturated carbocycles. The first kappa shape index (κ1) is 15.0. The van der Waals surface area contributed by atoms with Crippen LogP contribution in [-0.2, 0) is 13.2 Å². The van der Waals surface area contributed by atoms with E-state index in [0.717, 1.165) is 23.7 Å². The quantitative estimate of drug-likeness (QED) is 0.877. The van der Waals surface area contributed by atoms with Gasteiger partial charge >= 0.3 is 0 Å². The minimum atomic E-state index is 0.445. The van der Waals surface area contributed by atoms with Crippen LogP contribution >= 0.6 is 11.3 Å². The van der Waals surface area contributed by atoms with Gasteiger partial charge in [-0.2, -0.15) is 0 Å². The van der Waals surface area contributed by atoms with E-state index in [9.17, 15) is 0 Å². The normalized spacial score (nSPS) is 11.1.